The number of ether oxygens (including phenoxy) is 1. The minimum atomic E-state index is -4.88. The van der Waals surface area contributed by atoms with Gasteiger partial charge in [-0.1, -0.05) is 18.2 Å². The van der Waals surface area contributed by atoms with Crippen molar-refractivity contribution in [3.63, 3.8) is 0 Å². The van der Waals surface area contributed by atoms with E-state index in [2.05, 4.69) is 10.1 Å². The van der Waals surface area contributed by atoms with E-state index in [0.717, 1.165) is 24.3 Å². The zero-order valence-electron chi connectivity index (χ0n) is 15.8. The summed E-state index contributed by atoms with van der Waals surface area (Å²) in [5, 5.41) is 3.09. The molecule has 0 amide bonds. The van der Waals surface area contributed by atoms with Gasteiger partial charge in [-0.3, -0.25) is 4.90 Å². The lowest BCUT2D eigenvalue weighted by Crippen LogP contribution is -2.45. The maximum atomic E-state index is 13.6. The summed E-state index contributed by atoms with van der Waals surface area (Å²) < 4.78 is 95.3. The molecular formula is C19H19Cl2F7N2O. The number of benzene rings is 2. The Morgan fingerprint density at radius 1 is 0.871 bits per heavy atom. The summed E-state index contributed by atoms with van der Waals surface area (Å²) in [4.78, 5) is 1.78. The fraction of sp³-hybridized carbons (Fsp3) is 0.368. The smallest absolute Gasteiger partial charge is 0.406 e. The van der Waals surface area contributed by atoms with Crippen LogP contribution in [0, 0.1) is 5.82 Å². The Bertz CT molecular complexity index is 839. The van der Waals surface area contributed by atoms with Crippen LogP contribution in [0.5, 0.6) is 5.75 Å². The molecule has 0 unspecified atom stereocenters. The summed E-state index contributed by atoms with van der Waals surface area (Å²) in [6.07, 6.45) is -9.66. The zero-order chi connectivity index (χ0) is 21.2. The van der Waals surface area contributed by atoms with E-state index in [1.165, 1.54) is 12.1 Å². The van der Waals surface area contributed by atoms with E-state index in [-0.39, 0.29) is 30.4 Å². The van der Waals surface area contributed by atoms with Crippen LogP contribution in [0.25, 0.3) is 0 Å². The summed E-state index contributed by atoms with van der Waals surface area (Å²) in [5.74, 6) is -1.50. The maximum Gasteiger partial charge on any atom is 0.573 e. The normalized spacial score (nSPS) is 16.1. The Morgan fingerprint density at radius 2 is 1.45 bits per heavy atom. The Labute approximate surface area is 186 Å². The summed E-state index contributed by atoms with van der Waals surface area (Å²) in [6, 6.07) is 6.23. The van der Waals surface area contributed by atoms with Gasteiger partial charge in [0.1, 0.15) is 11.6 Å². The third kappa shape index (κ3) is 7.13. The van der Waals surface area contributed by atoms with Crippen molar-refractivity contribution in [1.29, 1.82) is 0 Å². The van der Waals surface area contributed by atoms with Gasteiger partial charge in [-0.05, 0) is 35.4 Å². The number of piperazine rings is 1. The average molecular weight is 495 g/mol. The molecule has 0 spiro atoms. The molecular weight excluding hydrogens is 476 g/mol. The number of hydrogen-bond donors (Lipinski definition) is 1. The molecule has 0 bridgehead atoms. The molecule has 1 N–H and O–H groups in total. The molecule has 3 nitrogen and oxygen atoms in total. The summed E-state index contributed by atoms with van der Waals surface area (Å²) in [5.41, 5.74) is -0.930. The third-order valence-corrected chi connectivity index (χ3v) is 4.56. The Morgan fingerprint density at radius 3 is 1.97 bits per heavy atom. The third-order valence-electron chi connectivity index (χ3n) is 4.56. The summed E-state index contributed by atoms with van der Waals surface area (Å²) in [6.45, 7) is 1.91. The SMILES string of the molecule is Cl.Cl.Fc1ccc([C@H](c2ccc(OC(F)(F)F)cc2)N2CCNCC2)c(C(F)(F)F)c1. The highest BCUT2D eigenvalue weighted by Gasteiger charge is 2.38. The van der Waals surface area contributed by atoms with Gasteiger partial charge in [0.2, 0.25) is 0 Å². The quantitative estimate of drug-likeness (QED) is 0.561. The highest BCUT2D eigenvalue weighted by Crippen LogP contribution is 2.40. The second-order valence-corrected chi connectivity index (χ2v) is 6.53. The van der Waals surface area contributed by atoms with Crippen LogP contribution in [-0.4, -0.2) is 37.4 Å². The fourth-order valence-electron chi connectivity index (χ4n) is 3.39. The van der Waals surface area contributed by atoms with E-state index in [0.29, 0.717) is 37.8 Å². The highest BCUT2D eigenvalue weighted by atomic mass is 35.5. The monoisotopic (exact) mass is 494 g/mol. The standard InChI is InChI=1S/C19H17F7N2O.2ClH/c20-13-3-6-15(16(11-13)18(21,22)23)17(28-9-7-27-8-10-28)12-1-4-14(5-2-12)29-19(24,25)26;;/h1-6,11,17,27H,7-10H2;2*1H/t17-;;/m0../s1. The first-order valence-electron chi connectivity index (χ1n) is 8.72. The number of nitrogens with one attached hydrogen (secondary N) is 1. The second-order valence-electron chi connectivity index (χ2n) is 6.53. The Balaban J connectivity index is 0.00000240. The lowest BCUT2D eigenvalue weighted by atomic mass is 9.92. The number of hydrogen-bond acceptors (Lipinski definition) is 3. The van der Waals surface area contributed by atoms with Gasteiger partial charge in [-0.2, -0.15) is 13.2 Å². The molecule has 0 aromatic heterocycles. The van der Waals surface area contributed by atoms with E-state index in [1.807, 2.05) is 0 Å². The number of nitrogens with zero attached hydrogens (tertiary/aromatic N) is 1. The van der Waals surface area contributed by atoms with Gasteiger partial charge in [-0.25, -0.2) is 4.39 Å². The first-order chi connectivity index (χ1) is 13.5. The van der Waals surface area contributed by atoms with Gasteiger partial charge in [0.15, 0.2) is 0 Å². The Hall–Kier alpha value is -1.75. The molecule has 1 saturated heterocycles. The second kappa shape index (κ2) is 10.7. The molecule has 174 valence electrons. The number of alkyl halides is 6. The molecule has 2 aromatic carbocycles. The van der Waals surface area contributed by atoms with Gasteiger partial charge < -0.3 is 10.1 Å². The molecule has 1 fully saturated rings. The molecule has 1 aliphatic heterocycles. The van der Waals surface area contributed by atoms with Crippen molar-refractivity contribution in [3.05, 3.63) is 65.0 Å². The van der Waals surface area contributed by atoms with E-state index in [1.54, 1.807) is 4.90 Å². The fourth-order valence-corrected chi connectivity index (χ4v) is 3.39. The van der Waals surface area contributed by atoms with E-state index < -0.39 is 35.7 Å². The van der Waals surface area contributed by atoms with Gasteiger partial charge in [0.05, 0.1) is 11.6 Å². The number of rotatable bonds is 4. The lowest BCUT2D eigenvalue weighted by molar-refractivity contribution is -0.274. The van der Waals surface area contributed by atoms with Crippen molar-refractivity contribution in [1.82, 2.24) is 10.2 Å². The van der Waals surface area contributed by atoms with Gasteiger partial charge in [-0.15, -0.1) is 38.0 Å². The molecule has 0 radical (unpaired) electrons. The lowest BCUT2D eigenvalue weighted by Gasteiger charge is -2.36. The van der Waals surface area contributed by atoms with E-state index >= 15 is 0 Å². The summed E-state index contributed by atoms with van der Waals surface area (Å²) in [7, 11) is 0. The van der Waals surface area contributed by atoms with Crippen LogP contribution < -0.4 is 10.1 Å². The van der Waals surface area contributed by atoms with Crippen molar-refractivity contribution in [2.75, 3.05) is 26.2 Å². The molecule has 1 atom stereocenters. The molecule has 0 saturated carbocycles. The maximum absolute atomic E-state index is 13.6. The van der Waals surface area contributed by atoms with Crippen LogP contribution in [0.15, 0.2) is 42.5 Å². The predicted molar refractivity (Wildman–Crippen MR) is 105 cm³/mol. The van der Waals surface area contributed by atoms with Crippen molar-refractivity contribution < 1.29 is 35.5 Å². The van der Waals surface area contributed by atoms with Crippen LogP contribution in [0.2, 0.25) is 0 Å². The summed E-state index contributed by atoms with van der Waals surface area (Å²) >= 11 is 0. The minimum absolute atomic E-state index is 0. The average Bonchev–Trinajstić information content (AvgIpc) is 2.63. The van der Waals surface area contributed by atoms with Gasteiger partial charge in [0, 0.05) is 26.2 Å². The van der Waals surface area contributed by atoms with Crippen LogP contribution in [0.3, 0.4) is 0 Å². The van der Waals surface area contributed by atoms with Crippen LogP contribution in [-0.2, 0) is 6.18 Å². The largest absolute Gasteiger partial charge is 0.573 e. The van der Waals surface area contributed by atoms with Crippen molar-refractivity contribution >= 4 is 24.8 Å². The van der Waals surface area contributed by atoms with Crippen molar-refractivity contribution in [3.8, 4) is 5.75 Å². The van der Waals surface area contributed by atoms with Crippen LogP contribution in [0.1, 0.15) is 22.7 Å². The number of halogens is 9. The zero-order valence-corrected chi connectivity index (χ0v) is 17.4. The topological polar surface area (TPSA) is 24.5 Å². The minimum Gasteiger partial charge on any atom is -0.406 e. The van der Waals surface area contributed by atoms with Crippen LogP contribution >= 0.6 is 24.8 Å². The Kier molecular flexibility index (Phi) is 9.43. The van der Waals surface area contributed by atoms with Gasteiger partial charge >= 0.3 is 12.5 Å². The first kappa shape index (κ1) is 27.3. The molecule has 0 aliphatic carbocycles. The van der Waals surface area contributed by atoms with Crippen molar-refractivity contribution in [2.45, 2.75) is 18.6 Å². The first-order valence-corrected chi connectivity index (χ1v) is 8.72. The van der Waals surface area contributed by atoms with Crippen molar-refractivity contribution in [2.24, 2.45) is 0 Å². The van der Waals surface area contributed by atoms with Gasteiger partial charge in [0.25, 0.3) is 0 Å². The molecule has 31 heavy (non-hydrogen) atoms. The molecule has 12 heteroatoms. The molecule has 3 rings (SSSR count). The van der Waals surface area contributed by atoms with E-state index in [4.69, 9.17) is 0 Å². The molecule has 2 aromatic rings. The van der Waals surface area contributed by atoms with E-state index in [9.17, 15) is 30.7 Å². The molecule has 1 aliphatic rings. The predicted octanol–water partition coefficient (Wildman–Crippen LogP) is 5.58. The van der Waals surface area contributed by atoms with Crippen LogP contribution in [0.4, 0.5) is 30.7 Å². The highest BCUT2D eigenvalue weighted by molar-refractivity contribution is 5.85. The molecule has 1 heterocycles.